The predicted molar refractivity (Wildman–Crippen MR) is 67.0 cm³/mol. The maximum Gasteiger partial charge on any atom is -0.00194 e. The average molecular weight is 198 g/mol. The summed E-state index contributed by atoms with van der Waals surface area (Å²) in [6.07, 6.45) is 0.970. The van der Waals surface area contributed by atoms with Gasteiger partial charge in [0.15, 0.2) is 0 Å². The van der Waals surface area contributed by atoms with Gasteiger partial charge in [0, 0.05) is 0 Å². The highest BCUT2D eigenvalue weighted by Gasteiger charge is 2.21. The zero-order chi connectivity index (χ0) is 11.2. The van der Waals surface area contributed by atoms with Crippen molar-refractivity contribution in [3.8, 4) is 0 Å². The van der Waals surface area contributed by atoms with Crippen molar-refractivity contribution in [3.05, 3.63) is 53.6 Å². The molecule has 0 fully saturated rings. The van der Waals surface area contributed by atoms with E-state index >= 15 is 0 Å². The summed E-state index contributed by atoms with van der Waals surface area (Å²) >= 11 is 0. The van der Waals surface area contributed by atoms with E-state index < -0.39 is 0 Å². The first kappa shape index (κ1) is 10.2. The molecule has 0 atom stereocenters. The lowest BCUT2D eigenvalue weighted by molar-refractivity contribution is 0.589. The second-order valence-electron chi connectivity index (χ2n) is 5.38. The third-order valence-corrected chi connectivity index (χ3v) is 3.13. The third-order valence-electron chi connectivity index (χ3n) is 3.13. The Labute approximate surface area is 92.3 Å². The fourth-order valence-electron chi connectivity index (χ4n) is 2.03. The van der Waals surface area contributed by atoms with Crippen LogP contribution in [0.3, 0.4) is 0 Å². The topological polar surface area (TPSA) is 0 Å². The summed E-state index contributed by atoms with van der Waals surface area (Å²) in [5, 5.41) is 0. The zero-order valence-electron chi connectivity index (χ0n) is 9.85. The van der Waals surface area contributed by atoms with Crippen molar-refractivity contribution in [1.29, 1.82) is 0 Å². The smallest absolute Gasteiger partial charge is 0.00194 e. The molecule has 15 heavy (non-hydrogen) atoms. The van der Waals surface area contributed by atoms with Crippen molar-refractivity contribution in [3.63, 3.8) is 0 Å². The lowest BCUT2D eigenvalue weighted by atomic mass is 9.85. The van der Waals surface area contributed by atoms with Gasteiger partial charge < -0.3 is 0 Å². The van der Waals surface area contributed by atoms with Gasteiger partial charge >= 0.3 is 0 Å². The van der Waals surface area contributed by atoms with Crippen LogP contribution in [0.5, 0.6) is 0 Å². The molecule has 2 rings (SSSR count). The fraction of sp³-hybridized carbons (Fsp3) is 0.333. The Morgan fingerprint density at radius 3 is 2.40 bits per heavy atom. The highest BCUT2D eigenvalue weighted by Crippen LogP contribution is 2.36. The summed E-state index contributed by atoms with van der Waals surface area (Å²) in [6, 6.07) is 6.71. The fourth-order valence-corrected chi connectivity index (χ4v) is 2.03. The highest BCUT2D eigenvalue weighted by atomic mass is 14.3. The molecule has 1 aliphatic rings. The minimum atomic E-state index is 0.223. The maximum atomic E-state index is 4.07. The van der Waals surface area contributed by atoms with Crippen molar-refractivity contribution >= 4 is 5.57 Å². The van der Waals surface area contributed by atoms with Crippen LogP contribution in [0.25, 0.3) is 5.57 Å². The molecule has 0 radical (unpaired) electrons. The van der Waals surface area contributed by atoms with Gasteiger partial charge in [0.05, 0.1) is 0 Å². The van der Waals surface area contributed by atoms with Crippen LogP contribution in [0.1, 0.15) is 37.5 Å². The molecular formula is C15H18. The van der Waals surface area contributed by atoms with Gasteiger partial charge in [0.25, 0.3) is 0 Å². The summed E-state index contributed by atoms with van der Waals surface area (Å²) in [6.45, 7) is 14.8. The summed E-state index contributed by atoms with van der Waals surface area (Å²) in [4.78, 5) is 0. The molecule has 0 N–H and O–H groups in total. The van der Waals surface area contributed by atoms with E-state index in [1.807, 2.05) is 0 Å². The normalized spacial score (nSPS) is 15.7. The Bertz CT molecular complexity index is 442. The van der Waals surface area contributed by atoms with Gasteiger partial charge in [0.2, 0.25) is 0 Å². The Balaban J connectivity index is 2.51. The lowest BCUT2D eigenvalue weighted by Gasteiger charge is -2.19. The molecule has 0 spiro atoms. The largest absolute Gasteiger partial charge is 0.0949 e. The van der Waals surface area contributed by atoms with E-state index in [0.717, 1.165) is 17.6 Å². The molecule has 0 unspecified atom stereocenters. The number of benzene rings is 1. The van der Waals surface area contributed by atoms with Crippen molar-refractivity contribution in [2.45, 2.75) is 32.6 Å². The molecule has 0 aromatic heterocycles. The van der Waals surface area contributed by atoms with Crippen LogP contribution >= 0.6 is 0 Å². The van der Waals surface area contributed by atoms with Crippen LogP contribution < -0.4 is 0 Å². The maximum absolute atomic E-state index is 4.07. The molecule has 0 bridgehead atoms. The molecule has 0 heterocycles. The van der Waals surface area contributed by atoms with Gasteiger partial charge in [-0.2, -0.15) is 0 Å². The first-order valence-corrected chi connectivity index (χ1v) is 5.40. The molecule has 0 amide bonds. The Kier molecular flexibility index (Phi) is 2.11. The van der Waals surface area contributed by atoms with Crippen LogP contribution in [0.2, 0.25) is 0 Å². The summed E-state index contributed by atoms with van der Waals surface area (Å²) in [5.41, 5.74) is 6.57. The molecule has 0 saturated carbocycles. The van der Waals surface area contributed by atoms with Crippen molar-refractivity contribution in [2.24, 2.45) is 0 Å². The van der Waals surface area contributed by atoms with E-state index in [-0.39, 0.29) is 5.41 Å². The summed E-state index contributed by atoms with van der Waals surface area (Å²) in [7, 11) is 0. The van der Waals surface area contributed by atoms with Crippen LogP contribution in [-0.4, -0.2) is 0 Å². The molecule has 1 aliphatic carbocycles. The van der Waals surface area contributed by atoms with Gasteiger partial charge in [-0.05, 0) is 39.7 Å². The number of allylic oxidation sites excluding steroid dienone is 2. The molecule has 1 aromatic carbocycles. The standard InChI is InChI=1S/C15H18/c1-10-8-12-9-13(15(3,4)5)6-7-14(12)11(10)2/h6-7,9H,1-2,8H2,3-5H3. The van der Waals surface area contributed by atoms with Gasteiger partial charge in [-0.15, -0.1) is 0 Å². The Morgan fingerprint density at radius 1 is 1.13 bits per heavy atom. The third kappa shape index (κ3) is 1.65. The molecular weight excluding hydrogens is 180 g/mol. The van der Waals surface area contributed by atoms with E-state index in [1.54, 1.807) is 0 Å². The highest BCUT2D eigenvalue weighted by molar-refractivity contribution is 5.84. The van der Waals surface area contributed by atoms with Crippen molar-refractivity contribution in [1.82, 2.24) is 0 Å². The van der Waals surface area contributed by atoms with Crippen LogP contribution in [0.15, 0.2) is 36.9 Å². The summed E-state index contributed by atoms with van der Waals surface area (Å²) < 4.78 is 0. The van der Waals surface area contributed by atoms with E-state index in [0.29, 0.717) is 0 Å². The van der Waals surface area contributed by atoms with E-state index in [1.165, 1.54) is 16.7 Å². The van der Waals surface area contributed by atoms with Crippen LogP contribution in [0, 0.1) is 0 Å². The zero-order valence-corrected chi connectivity index (χ0v) is 9.85. The minimum absolute atomic E-state index is 0.223. The van der Waals surface area contributed by atoms with Gasteiger partial charge in [-0.25, -0.2) is 0 Å². The van der Waals surface area contributed by atoms with E-state index in [2.05, 4.69) is 52.1 Å². The molecule has 78 valence electrons. The second kappa shape index (κ2) is 3.10. The molecule has 0 aliphatic heterocycles. The van der Waals surface area contributed by atoms with Crippen LogP contribution in [-0.2, 0) is 11.8 Å². The molecule has 1 aromatic rings. The SMILES string of the molecule is C=C1Cc2cc(C(C)(C)C)ccc2C1=C. The molecule has 0 saturated heterocycles. The molecule has 0 heteroatoms. The Hall–Kier alpha value is -1.30. The summed E-state index contributed by atoms with van der Waals surface area (Å²) in [5.74, 6) is 0. The van der Waals surface area contributed by atoms with Gasteiger partial charge in [0.1, 0.15) is 0 Å². The quantitative estimate of drug-likeness (QED) is 0.588. The van der Waals surface area contributed by atoms with Crippen molar-refractivity contribution in [2.75, 3.05) is 0 Å². The van der Waals surface area contributed by atoms with Gasteiger partial charge in [-0.1, -0.05) is 52.1 Å². The van der Waals surface area contributed by atoms with Crippen LogP contribution in [0.4, 0.5) is 0 Å². The lowest BCUT2D eigenvalue weighted by Crippen LogP contribution is -2.11. The van der Waals surface area contributed by atoms with Crippen molar-refractivity contribution < 1.29 is 0 Å². The number of hydrogen-bond acceptors (Lipinski definition) is 0. The Morgan fingerprint density at radius 2 is 1.80 bits per heavy atom. The monoisotopic (exact) mass is 198 g/mol. The minimum Gasteiger partial charge on any atom is -0.0949 e. The van der Waals surface area contributed by atoms with Gasteiger partial charge in [-0.3, -0.25) is 0 Å². The number of fused-ring (bicyclic) bond motifs is 1. The average Bonchev–Trinajstić information content (AvgIpc) is 2.41. The van der Waals surface area contributed by atoms with E-state index in [9.17, 15) is 0 Å². The first-order chi connectivity index (χ1) is 6.89. The number of hydrogen-bond donors (Lipinski definition) is 0. The number of rotatable bonds is 0. The first-order valence-electron chi connectivity index (χ1n) is 5.40. The van der Waals surface area contributed by atoms with E-state index in [4.69, 9.17) is 0 Å². The predicted octanol–water partition coefficient (Wildman–Crippen LogP) is 4.11. The second-order valence-corrected chi connectivity index (χ2v) is 5.38. The molecule has 0 nitrogen and oxygen atoms in total.